The van der Waals surface area contributed by atoms with Crippen molar-refractivity contribution in [3.8, 4) is 5.75 Å². The van der Waals surface area contributed by atoms with Gasteiger partial charge in [-0.3, -0.25) is 4.72 Å². The minimum atomic E-state index is -3.77. The van der Waals surface area contributed by atoms with Crippen molar-refractivity contribution >= 4 is 21.4 Å². The van der Waals surface area contributed by atoms with Gasteiger partial charge in [0.15, 0.2) is 0 Å². The predicted octanol–water partition coefficient (Wildman–Crippen LogP) is 3.07. The van der Waals surface area contributed by atoms with Gasteiger partial charge in [-0.25, -0.2) is 13.4 Å². The number of anilines is 1. The number of imidazole rings is 1. The first-order valence-electron chi connectivity index (χ1n) is 7.43. The van der Waals surface area contributed by atoms with Crippen molar-refractivity contribution in [2.24, 2.45) is 0 Å². The Balaban J connectivity index is 2.02. The Morgan fingerprint density at radius 2 is 1.79 bits per heavy atom. The molecule has 24 heavy (non-hydrogen) atoms. The lowest BCUT2D eigenvalue weighted by Gasteiger charge is -2.14. The van der Waals surface area contributed by atoms with Gasteiger partial charge in [-0.05, 0) is 56.2 Å². The number of methoxy groups -OCH3 is 1. The second-order valence-corrected chi connectivity index (χ2v) is 7.41. The number of hydrogen-bond acceptors (Lipinski definition) is 4. The number of aryl methyl sites for hydroxylation is 3. The normalized spacial score (nSPS) is 11.7. The van der Waals surface area contributed by atoms with Crippen LogP contribution < -0.4 is 9.46 Å². The van der Waals surface area contributed by atoms with E-state index in [0.717, 1.165) is 22.5 Å². The maximum absolute atomic E-state index is 12.8. The van der Waals surface area contributed by atoms with Crippen LogP contribution in [-0.2, 0) is 10.0 Å². The Morgan fingerprint density at radius 1 is 1.08 bits per heavy atom. The van der Waals surface area contributed by atoms with Crippen molar-refractivity contribution in [1.82, 2.24) is 9.38 Å². The van der Waals surface area contributed by atoms with Crippen molar-refractivity contribution < 1.29 is 13.2 Å². The Bertz CT molecular complexity index is 1020. The van der Waals surface area contributed by atoms with Gasteiger partial charge in [0.25, 0.3) is 10.0 Å². The molecule has 0 unspecified atom stereocenters. The molecule has 1 N–H and O–H groups in total. The predicted molar refractivity (Wildman–Crippen MR) is 93.2 cm³/mol. The lowest BCUT2D eigenvalue weighted by atomic mass is 10.1. The third kappa shape index (κ3) is 2.94. The largest absolute Gasteiger partial charge is 0.495 e. The van der Waals surface area contributed by atoms with Crippen molar-refractivity contribution in [2.75, 3.05) is 11.8 Å². The van der Waals surface area contributed by atoms with Crippen LogP contribution in [0.4, 0.5) is 5.69 Å². The van der Waals surface area contributed by atoms with E-state index in [2.05, 4.69) is 9.71 Å². The van der Waals surface area contributed by atoms with Crippen LogP contribution >= 0.6 is 0 Å². The Kier molecular flexibility index (Phi) is 3.96. The monoisotopic (exact) mass is 345 g/mol. The fourth-order valence-electron chi connectivity index (χ4n) is 2.52. The second kappa shape index (κ2) is 5.83. The topological polar surface area (TPSA) is 72.7 Å². The fourth-order valence-corrected chi connectivity index (χ4v) is 3.80. The SMILES string of the molecule is COc1cc(C)c(C)cc1S(=O)(=O)Nc1ccc2nc(C)cn2c1. The van der Waals surface area contributed by atoms with Crippen molar-refractivity contribution in [3.63, 3.8) is 0 Å². The first-order valence-corrected chi connectivity index (χ1v) is 8.92. The number of ether oxygens (including phenoxy) is 1. The zero-order valence-corrected chi connectivity index (χ0v) is 14.8. The number of pyridine rings is 1. The van der Waals surface area contributed by atoms with E-state index in [4.69, 9.17) is 4.74 Å². The first-order chi connectivity index (χ1) is 11.3. The van der Waals surface area contributed by atoms with E-state index in [1.54, 1.807) is 34.9 Å². The summed E-state index contributed by atoms with van der Waals surface area (Å²) in [7, 11) is -2.30. The zero-order chi connectivity index (χ0) is 17.5. The van der Waals surface area contributed by atoms with Gasteiger partial charge < -0.3 is 9.14 Å². The maximum Gasteiger partial charge on any atom is 0.265 e. The minimum absolute atomic E-state index is 0.120. The Hall–Kier alpha value is -2.54. The average molecular weight is 345 g/mol. The molecule has 3 aromatic rings. The molecule has 2 aromatic heterocycles. The Labute approximate surface area is 141 Å². The number of rotatable bonds is 4. The van der Waals surface area contributed by atoms with Crippen LogP contribution in [0.3, 0.4) is 0 Å². The summed E-state index contributed by atoms with van der Waals surface area (Å²) < 4.78 is 35.2. The fraction of sp³-hybridized carbons (Fsp3) is 0.235. The highest BCUT2D eigenvalue weighted by atomic mass is 32.2. The summed E-state index contributed by atoms with van der Waals surface area (Å²) in [5.41, 5.74) is 3.95. The molecule has 0 aliphatic carbocycles. The molecule has 6 nitrogen and oxygen atoms in total. The molecule has 0 saturated heterocycles. The molecule has 0 spiro atoms. The van der Waals surface area contributed by atoms with Gasteiger partial charge in [0.1, 0.15) is 16.3 Å². The summed E-state index contributed by atoms with van der Waals surface area (Å²) in [5, 5.41) is 0. The summed E-state index contributed by atoms with van der Waals surface area (Å²) in [6.07, 6.45) is 3.53. The minimum Gasteiger partial charge on any atom is -0.495 e. The van der Waals surface area contributed by atoms with E-state index in [9.17, 15) is 8.42 Å². The third-order valence-corrected chi connectivity index (χ3v) is 5.30. The van der Waals surface area contributed by atoms with Gasteiger partial charge in [-0.2, -0.15) is 0 Å². The van der Waals surface area contributed by atoms with Crippen molar-refractivity contribution in [2.45, 2.75) is 25.7 Å². The molecular weight excluding hydrogens is 326 g/mol. The molecule has 1 aromatic carbocycles. The highest BCUT2D eigenvalue weighted by Gasteiger charge is 2.21. The average Bonchev–Trinajstić information content (AvgIpc) is 2.88. The number of sulfonamides is 1. The van der Waals surface area contributed by atoms with E-state index >= 15 is 0 Å². The number of nitrogens with one attached hydrogen (secondary N) is 1. The summed E-state index contributed by atoms with van der Waals surface area (Å²) in [6.45, 7) is 5.67. The molecule has 2 heterocycles. The van der Waals surface area contributed by atoms with Gasteiger partial charge in [0, 0.05) is 12.4 Å². The summed E-state index contributed by atoms with van der Waals surface area (Å²) in [4.78, 5) is 4.44. The molecule has 0 fully saturated rings. The molecule has 0 aliphatic heterocycles. The zero-order valence-electron chi connectivity index (χ0n) is 14.0. The summed E-state index contributed by atoms with van der Waals surface area (Å²) in [5.74, 6) is 0.324. The number of aromatic nitrogens is 2. The van der Waals surface area contributed by atoms with E-state index in [1.165, 1.54) is 7.11 Å². The van der Waals surface area contributed by atoms with Crippen LogP contribution in [0.2, 0.25) is 0 Å². The number of fused-ring (bicyclic) bond motifs is 1. The molecule has 126 valence electrons. The van der Waals surface area contributed by atoms with Crippen LogP contribution in [0, 0.1) is 20.8 Å². The maximum atomic E-state index is 12.8. The summed E-state index contributed by atoms with van der Waals surface area (Å²) in [6, 6.07) is 6.80. The van der Waals surface area contributed by atoms with Gasteiger partial charge in [-0.1, -0.05) is 0 Å². The number of hydrogen-bond donors (Lipinski definition) is 1. The van der Waals surface area contributed by atoms with Crippen molar-refractivity contribution in [3.05, 3.63) is 53.5 Å². The van der Waals surface area contributed by atoms with E-state index in [1.807, 2.05) is 27.0 Å². The summed E-state index contributed by atoms with van der Waals surface area (Å²) >= 11 is 0. The highest BCUT2D eigenvalue weighted by Crippen LogP contribution is 2.29. The van der Waals surface area contributed by atoms with Gasteiger partial charge in [0.05, 0.1) is 18.5 Å². The smallest absolute Gasteiger partial charge is 0.265 e. The van der Waals surface area contributed by atoms with Gasteiger partial charge >= 0.3 is 0 Å². The molecule has 0 saturated carbocycles. The molecule has 0 radical (unpaired) electrons. The van der Waals surface area contributed by atoms with Gasteiger partial charge in [0.2, 0.25) is 0 Å². The van der Waals surface area contributed by atoms with Crippen LogP contribution in [0.25, 0.3) is 5.65 Å². The van der Waals surface area contributed by atoms with Crippen LogP contribution in [0.1, 0.15) is 16.8 Å². The lowest BCUT2D eigenvalue weighted by molar-refractivity contribution is 0.402. The highest BCUT2D eigenvalue weighted by molar-refractivity contribution is 7.92. The molecule has 3 rings (SSSR count). The van der Waals surface area contributed by atoms with Crippen LogP contribution in [0.5, 0.6) is 5.75 Å². The molecule has 0 amide bonds. The lowest BCUT2D eigenvalue weighted by Crippen LogP contribution is -2.15. The Morgan fingerprint density at radius 3 is 2.50 bits per heavy atom. The second-order valence-electron chi connectivity index (χ2n) is 5.76. The van der Waals surface area contributed by atoms with E-state index in [0.29, 0.717) is 11.4 Å². The van der Waals surface area contributed by atoms with E-state index < -0.39 is 10.0 Å². The number of nitrogens with zero attached hydrogens (tertiary/aromatic N) is 2. The van der Waals surface area contributed by atoms with E-state index in [-0.39, 0.29) is 4.90 Å². The van der Waals surface area contributed by atoms with Crippen molar-refractivity contribution in [1.29, 1.82) is 0 Å². The van der Waals surface area contributed by atoms with Crippen LogP contribution in [-0.4, -0.2) is 24.9 Å². The molecule has 0 atom stereocenters. The molecule has 0 bridgehead atoms. The first kappa shape index (κ1) is 16.3. The van der Waals surface area contributed by atoms with Gasteiger partial charge in [-0.15, -0.1) is 0 Å². The molecule has 0 aliphatic rings. The molecule has 7 heteroatoms. The number of benzene rings is 1. The molecular formula is C17H19N3O3S. The van der Waals surface area contributed by atoms with Crippen LogP contribution in [0.15, 0.2) is 41.6 Å². The standard InChI is InChI=1S/C17H19N3O3S/c1-11-7-15(23-4)16(8-12(11)2)24(21,22)19-14-5-6-17-18-13(3)9-20(17)10-14/h5-10,19H,1-4H3. The third-order valence-electron chi connectivity index (χ3n) is 3.89. The quantitative estimate of drug-likeness (QED) is 0.789.